The van der Waals surface area contributed by atoms with Crippen LogP contribution in [0.4, 0.5) is 65.9 Å². The average molecular weight is 633 g/mol. The normalized spacial score (nSPS) is 12.0. The Morgan fingerprint density at radius 1 is 0.257 bits per heavy atom. The van der Waals surface area contributed by atoms with Crippen LogP contribution in [0, 0.1) is 87.3 Å². The van der Waals surface area contributed by atoms with Crippen LogP contribution in [0.5, 0.6) is 0 Å². The van der Waals surface area contributed by atoms with Crippen LogP contribution in [-0.4, -0.2) is 22.5 Å². The Morgan fingerprint density at radius 2 is 0.371 bits per heavy atom. The van der Waals surface area contributed by atoms with Gasteiger partial charge in [0.05, 0.1) is 0 Å². The average Bonchev–Trinajstić information content (AvgIpc) is 2.81. The topological polar surface area (TPSA) is 0 Å². The van der Waals surface area contributed by atoms with Crippen LogP contribution in [0.3, 0.4) is 0 Å². The zero-order valence-electron chi connectivity index (χ0n) is 15.7. The summed E-state index contributed by atoms with van der Waals surface area (Å²) in [7, 11) is 0. The molecule has 3 aromatic rings. The van der Waals surface area contributed by atoms with Crippen molar-refractivity contribution < 1.29 is 65.9 Å². The van der Waals surface area contributed by atoms with Crippen molar-refractivity contribution in [1.82, 2.24) is 0 Å². The van der Waals surface area contributed by atoms with Gasteiger partial charge in [-0.2, -0.15) is 0 Å². The minimum atomic E-state index is -4.32. The molecule has 0 aliphatic heterocycles. The number of rotatable bonds is 3. The van der Waals surface area contributed by atoms with Gasteiger partial charge in [-0.05, 0) is 0 Å². The van der Waals surface area contributed by atoms with Crippen LogP contribution in [0.1, 0.15) is 16.7 Å². The number of hydrogen-bond donors (Lipinski definition) is 0. The predicted molar refractivity (Wildman–Crippen MR) is 85.7 cm³/mol. The molecular weight excluding hydrogens is 632 g/mol. The molecule has 0 heterocycles. The van der Waals surface area contributed by atoms with Gasteiger partial charge in [0.25, 0.3) is 0 Å². The third kappa shape index (κ3) is 3.56. The van der Waals surface area contributed by atoms with Crippen molar-refractivity contribution in [1.29, 1.82) is 0 Å². The van der Waals surface area contributed by atoms with Crippen LogP contribution in [0.15, 0.2) is 0 Å². The van der Waals surface area contributed by atoms with Gasteiger partial charge in [0.15, 0.2) is 0 Å². The fourth-order valence-corrected chi connectivity index (χ4v) is 5.40. The Hall–Kier alpha value is -2.59. The molecule has 0 amide bonds. The molecule has 0 bridgehead atoms. The molecule has 0 aromatic heterocycles. The van der Waals surface area contributed by atoms with Gasteiger partial charge in [0.1, 0.15) is 0 Å². The third-order valence-electron chi connectivity index (χ3n) is 4.81. The van der Waals surface area contributed by atoms with Crippen molar-refractivity contribution in [2.24, 2.45) is 0 Å². The first-order chi connectivity index (χ1) is 16.0. The van der Waals surface area contributed by atoms with E-state index >= 15 is 0 Å². The Kier molecular flexibility index (Phi) is 6.80. The van der Waals surface area contributed by atoms with E-state index in [4.69, 9.17) is 0 Å². The van der Waals surface area contributed by atoms with Crippen molar-refractivity contribution in [3.8, 4) is 0 Å². The van der Waals surface area contributed by atoms with Gasteiger partial charge in [-0.3, -0.25) is 0 Å². The van der Waals surface area contributed by atoms with E-state index in [1.807, 2.05) is 0 Å². The summed E-state index contributed by atoms with van der Waals surface area (Å²) in [6.45, 7) is 0. The Balaban J connectivity index is 2.78. The summed E-state index contributed by atoms with van der Waals surface area (Å²) in [6, 6.07) is 0. The van der Waals surface area contributed by atoms with E-state index < -0.39 is 130 Å². The molecule has 0 aliphatic carbocycles. The molecule has 0 nitrogen and oxygen atoms in total. The van der Waals surface area contributed by atoms with Crippen LogP contribution in [-0.2, 0) is 3.43 Å². The van der Waals surface area contributed by atoms with Crippen molar-refractivity contribution >= 4 is 22.5 Å². The van der Waals surface area contributed by atoms with E-state index in [1.165, 1.54) is 0 Å². The van der Waals surface area contributed by atoms with Crippen molar-refractivity contribution in [2.45, 2.75) is 3.43 Å². The molecule has 0 aliphatic rings. The first-order valence-corrected chi connectivity index (χ1v) is 10.0. The molecule has 0 unspecified atom stereocenters. The SMILES string of the molecule is Fc1c(F)c(F)c([C]([SnH])(c2c(F)c(F)c(F)c(F)c2F)c2c(F)c(F)c(F)c(F)c2F)c(F)c1F. The van der Waals surface area contributed by atoms with Gasteiger partial charge in [-0.25, -0.2) is 0 Å². The fraction of sp³-hybridized carbons (Fsp3) is 0.0526. The number of benzene rings is 3. The minimum absolute atomic E-state index is 1.71. The molecule has 0 saturated heterocycles. The molecule has 0 atom stereocenters. The molecule has 3 aromatic carbocycles. The Labute approximate surface area is 196 Å². The summed E-state index contributed by atoms with van der Waals surface area (Å²) in [5.74, 6) is -45.0. The number of halogens is 15. The first kappa shape index (κ1) is 27.0. The molecule has 186 valence electrons. The second-order valence-electron chi connectivity index (χ2n) is 6.64. The summed E-state index contributed by atoms with van der Waals surface area (Å²) < 4.78 is 207. The van der Waals surface area contributed by atoms with Gasteiger partial charge < -0.3 is 0 Å². The first-order valence-electron chi connectivity index (χ1n) is 8.37. The van der Waals surface area contributed by atoms with E-state index in [9.17, 15) is 65.9 Å². The number of hydrogen-bond acceptors (Lipinski definition) is 0. The Bertz CT molecular complexity index is 1160. The van der Waals surface area contributed by atoms with Gasteiger partial charge in [0, 0.05) is 0 Å². The molecule has 0 saturated carbocycles. The van der Waals surface area contributed by atoms with Gasteiger partial charge in [0.2, 0.25) is 0 Å². The maximum absolute atomic E-state index is 14.6. The molecule has 0 spiro atoms. The molecule has 16 heteroatoms. The van der Waals surface area contributed by atoms with E-state index in [1.54, 1.807) is 0 Å². The second-order valence-corrected chi connectivity index (χ2v) is 9.11. The molecule has 3 rings (SSSR count). The van der Waals surface area contributed by atoms with Crippen molar-refractivity contribution in [3.63, 3.8) is 0 Å². The molecule has 2 radical (unpaired) electrons. The summed E-state index contributed by atoms with van der Waals surface area (Å²) >= 11 is -1.71. The molecule has 35 heavy (non-hydrogen) atoms. The summed E-state index contributed by atoms with van der Waals surface area (Å²) in [4.78, 5) is 0. The quantitative estimate of drug-likeness (QED) is 0.110. The standard InChI is InChI=1S/C19F15.Sn.H/c20-5-2(6(21)12(27)17(32)11(5)26)1(3-7(22)13(28)18(33)14(29)8(3)23)4-9(24)15(30)19(34)16(31)10(4)25;;. The van der Waals surface area contributed by atoms with Crippen LogP contribution >= 0.6 is 0 Å². The zero-order valence-corrected chi connectivity index (χ0v) is 19.0. The predicted octanol–water partition coefficient (Wildman–Crippen LogP) is 5.97. The zero-order chi connectivity index (χ0) is 26.9. The van der Waals surface area contributed by atoms with E-state index in [0.717, 1.165) is 0 Å². The maximum atomic E-state index is 14.6. The molecule has 0 N–H and O–H groups in total. The van der Waals surface area contributed by atoms with Gasteiger partial charge >= 0.3 is 196 Å². The van der Waals surface area contributed by atoms with E-state index in [2.05, 4.69) is 0 Å². The third-order valence-corrected chi connectivity index (χ3v) is 7.28. The monoisotopic (exact) mass is 634 g/mol. The Morgan fingerprint density at radius 3 is 0.514 bits per heavy atom. The van der Waals surface area contributed by atoms with Crippen molar-refractivity contribution in [3.05, 3.63) is 104 Å². The van der Waals surface area contributed by atoms with E-state index in [-0.39, 0.29) is 0 Å². The van der Waals surface area contributed by atoms with Crippen LogP contribution in [0.25, 0.3) is 0 Å². The summed E-state index contributed by atoms with van der Waals surface area (Å²) in [6.07, 6.45) is 0. The van der Waals surface area contributed by atoms with Crippen LogP contribution in [0.2, 0.25) is 0 Å². The van der Waals surface area contributed by atoms with Crippen LogP contribution < -0.4 is 0 Å². The molecule has 0 fully saturated rings. The summed E-state index contributed by atoms with van der Waals surface area (Å²) in [5.41, 5.74) is -7.91. The van der Waals surface area contributed by atoms with E-state index in [0.29, 0.717) is 0 Å². The van der Waals surface area contributed by atoms with Gasteiger partial charge in [-0.15, -0.1) is 0 Å². The van der Waals surface area contributed by atoms with Crippen molar-refractivity contribution in [2.75, 3.05) is 0 Å². The summed E-state index contributed by atoms with van der Waals surface area (Å²) in [5, 5.41) is 0. The molecular formula is C19HF15Sn. The second kappa shape index (κ2) is 8.81. The van der Waals surface area contributed by atoms with Gasteiger partial charge in [-0.1, -0.05) is 0 Å². The fourth-order valence-electron chi connectivity index (χ4n) is 3.23.